The summed E-state index contributed by atoms with van der Waals surface area (Å²) in [5, 5.41) is 5.40. The van der Waals surface area contributed by atoms with Gasteiger partial charge in [0.25, 0.3) is 5.91 Å². The summed E-state index contributed by atoms with van der Waals surface area (Å²) in [5.74, 6) is 0.781. The number of fused-ring (bicyclic) bond motifs is 1. The second kappa shape index (κ2) is 9.13. The number of nitrogens with one attached hydrogen (secondary N) is 2. The number of hydrogen-bond acceptors (Lipinski definition) is 4. The quantitative estimate of drug-likeness (QED) is 0.665. The number of rotatable bonds is 6. The van der Waals surface area contributed by atoms with Gasteiger partial charge in [0.05, 0.1) is 13.1 Å². The number of amides is 2. The van der Waals surface area contributed by atoms with Crippen LogP contribution in [0, 0.1) is 0 Å². The van der Waals surface area contributed by atoms with Crippen molar-refractivity contribution in [2.45, 2.75) is 6.10 Å². The predicted molar refractivity (Wildman–Crippen MR) is 114 cm³/mol. The lowest BCUT2D eigenvalue weighted by Gasteiger charge is -2.26. The van der Waals surface area contributed by atoms with Crippen molar-refractivity contribution in [3.05, 3.63) is 84.4 Å². The number of hydrogen-bond donors (Lipinski definition) is 2. The van der Waals surface area contributed by atoms with Gasteiger partial charge in [0.15, 0.2) is 11.5 Å². The van der Waals surface area contributed by atoms with Crippen molar-refractivity contribution in [2.24, 2.45) is 0 Å². The van der Waals surface area contributed by atoms with Crippen LogP contribution in [0.1, 0.15) is 10.4 Å². The van der Waals surface area contributed by atoms with Gasteiger partial charge in [-0.05, 0) is 35.4 Å². The predicted octanol–water partition coefficient (Wildman–Crippen LogP) is 3.04. The lowest BCUT2D eigenvalue weighted by Crippen LogP contribution is -2.44. The van der Waals surface area contributed by atoms with Gasteiger partial charge in [0, 0.05) is 5.56 Å². The van der Waals surface area contributed by atoms with Crippen LogP contribution >= 0.6 is 0 Å². The lowest BCUT2D eigenvalue weighted by molar-refractivity contribution is -0.120. The largest absolute Gasteiger partial charge is 0.486 e. The second-order valence-corrected chi connectivity index (χ2v) is 6.93. The molecular weight excluding hydrogens is 380 g/mol. The summed E-state index contributed by atoms with van der Waals surface area (Å²) in [4.78, 5) is 24.4. The first-order valence-electron chi connectivity index (χ1n) is 9.78. The molecule has 1 aliphatic heterocycles. The van der Waals surface area contributed by atoms with E-state index in [0.29, 0.717) is 30.2 Å². The van der Waals surface area contributed by atoms with E-state index in [1.165, 1.54) is 0 Å². The zero-order chi connectivity index (χ0) is 20.8. The van der Waals surface area contributed by atoms with Crippen LogP contribution in [0.5, 0.6) is 11.5 Å². The van der Waals surface area contributed by atoms with E-state index in [-0.39, 0.29) is 24.5 Å². The Labute approximate surface area is 174 Å². The maximum absolute atomic E-state index is 12.3. The zero-order valence-electron chi connectivity index (χ0n) is 16.3. The van der Waals surface area contributed by atoms with Gasteiger partial charge in [-0.1, -0.05) is 54.6 Å². The molecule has 1 heterocycles. The van der Waals surface area contributed by atoms with Gasteiger partial charge >= 0.3 is 0 Å². The van der Waals surface area contributed by atoms with Crippen molar-refractivity contribution < 1.29 is 19.1 Å². The second-order valence-electron chi connectivity index (χ2n) is 6.93. The Balaban J connectivity index is 1.23. The van der Waals surface area contributed by atoms with E-state index in [4.69, 9.17) is 9.47 Å². The minimum atomic E-state index is -0.295. The normalized spacial score (nSPS) is 14.6. The molecule has 3 aromatic rings. The molecule has 1 aliphatic rings. The Morgan fingerprint density at radius 1 is 0.800 bits per heavy atom. The van der Waals surface area contributed by atoms with Crippen molar-refractivity contribution in [3.63, 3.8) is 0 Å². The molecule has 4 rings (SSSR count). The number of carbonyl (C=O) groups is 2. The highest BCUT2D eigenvalue weighted by Crippen LogP contribution is 2.30. The van der Waals surface area contributed by atoms with Gasteiger partial charge in [-0.2, -0.15) is 0 Å². The van der Waals surface area contributed by atoms with Crippen LogP contribution in [-0.4, -0.2) is 37.6 Å². The van der Waals surface area contributed by atoms with Crippen LogP contribution < -0.4 is 20.1 Å². The van der Waals surface area contributed by atoms with E-state index >= 15 is 0 Å². The van der Waals surface area contributed by atoms with Crippen molar-refractivity contribution in [3.8, 4) is 22.6 Å². The number of carbonyl (C=O) groups excluding carboxylic acids is 2. The van der Waals surface area contributed by atoms with Gasteiger partial charge in [-0.25, -0.2) is 0 Å². The summed E-state index contributed by atoms with van der Waals surface area (Å²) in [6.45, 7) is 0.551. The van der Waals surface area contributed by atoms with E-state index in [2.05, 4.69) is 10.6 Å². The Hall–Kier alpha value is -3.80. The first-order valence-corrected chi connectivity index (χ1v) is 9.78. The summed E-state index contributed by atoms with van der Waals surface area (Å²) in [7, 11) is 0. The summed E-state index contributed by atoms with van der Waals surface area (Å²) in [6.07, 6.45) is -0.273. The number of benzene rings is 3. The summed E-state index contributed by atoms with van der Waals surface area (Å²) >= 11 is 0. The molecular formula is C24H22N2O4. The first-order chi connectivity index (χ1) is 14.7. The third kappa shape index (κ3) is 4.78. The molecule has 0 radical (unpaired) electrons. The Bertz CT molecular complexity index is 1020. The zero-order valence-corrected chi connectivity index (χ0v) is 16.3. The van der Waals surface area contributed by atoms with E-state index in [9.17, 15) is 9.59 Å². The van der Waals surface area contributed by atoms with Gasteiger partial charge in [0.1, 0.15) is 12.7 Å². The lowest BCUT2D eigenvalue weighted by atomic mass is 10.0. The molecule has 2 N–H and O–H groups in total. The molecule has 0 fully saturated rings. The molecule has 0 aromatic heterocycles. The molecule has 152 valence electrons. The summed E-state index contributed by atoms with van der Waals surface area (Å²) < 4.78 is 11.4. The monoisotopic (exact) mass is 402 g/mol. The molecule has 0 spiro atoms. The van der Waals surface area contributed by atoms with Crippen molar-refractivity contribution in [1.82, 2.24) is 10.6 Å². The van der Waals surface area contributed by atoms with E-state index in [0.717, 1.165) is 11.1 Å². The molecule has 0 saturated carbocycles. The Morgan fingerprint density at radius 3 is 2.23 bits per heavy atom. The Morgan fingerprint density at radius 2 is 1.47 bits per heavy atom. The molecule has 6 nitrogen and oxygen atoms in total. The molecule has 2 amide bonds. The van der Waals surface area contributed by atoms with Crippen molar-refractivity contribution >= 4 is 11.8 Å². The summed E-state index contributed by atoms with van der Waals surface area (Å²) in [5.41, 5.74) is 2.62. The third-order valence-electron chi connectivity index (χ3n) is 4.76. The van der Waals surface area contributed by atoms with E-state index in [1.807, 2.05) is 66.7 Å². The van der Waals surface area contributed by atoms with Gasteiger partial charge < -0.3 is 20.1 Å². The van der Waals surface area contributed by atoms with Gasteiger partial charge in [-0.3, -0.25) is 9.59 Å². The van der Waals surface area contributed by atoms with Gasteiger partial charge in [0.2, 0.25) is 5.91 Å². The smallest absolute Gasteiger partial charge is 0.251 e. The SMILES string of the molecule is O=C(CNC(=O)c1ccc(-c2ccccc2)cc1)NCC1COc2ccccc2O1. The number of para-hydroxylation sites is 2. The maximum Gasteiger partial charge on any atom is 0.251 e. The molecule has 30 heavy (non-hydrogen) atoms. The van der Waals surface area contributed by atoms with Crippen LogP contribution in [0.2, 0.25) is 0 Å². The van der Waals surface area contributed by atoms with E-state index < -0.39 is 0 Å². The number of ether oxygens (including phenoxy) is 2. The highest BCUT2D eigenvalue weighted by Gasteiger charge is 2.21. The first kappa shape index (κ1) is 19.5. The van der Waals surface area contributed by atoms with Crippen LogP contribution in [0.3, 0.4) is 0 Å². The third-order valence-corrected chi connectivity index (χ3v) is 4.76. The topological polar surface area (TPSA) is 76.7 Å². The highest BCUT2D eigenvalue weighted by atomic mass is 16.6. The van der Waals surface area contributed by atoms with Crippen molar-refractivity contribution in [1.29, 1.82) is 0 Å². The molecule has 0 saturated heterocycles. The molecule has 3 aromatic carbocycles. The molecule has 1 unspecified atom stereocenters. The fourth-order valence-electron chi connectivity index (χ4n) is 3.16. The van der Waals surface area contributed by atoms with E-state index in [1.54, 1.807) is 12.1 Å². The fraction of sp³-hybridized carbons (Fsp3) is 0.167. The molecule has 0 bridgehead atoms. The van der Waals surface area contributed by atoms with Crippen LogP contribution in [0.4, 0.5) is 0 Å². The standard InChI is InChI=1S/C24H22N2O4/c27-23(25-14-20-16-29-21-8-4-5-9-22(21)30-20)15-26-24(28)19-12-10-18(11-13-19)17-6-2-1-3-7-17/h1-13,20H,14-16H2,(H,25,27)(H,26,28). The molecule has 0 aliphatic carbocycles. The summed E-state index contributed by atoms with van der Waals surface area (Å²) in [6, 6.07) is 24.6. The van der Waals surface area contributed by atoms with Crippen LogP contribution in [0.25, 0.3) is 11.1 Å². The average molecular weight is 402 g/mol. The van der Waals surface area contributed by atoms with Gasteiger partial charge in [-0.15, -0.1) is 0 Å². The molecule has 1 atom stereocenters. The average Bonchev–Trinajstić information content (AvgIpc) is 2.81. The minimum Gasteiger partial charge on any atom is -0.486 e. The highest BCUT2D eigenvalue weighted by molar-refractivity contribution is 5.96. The van der Waals surface area contributed by atoms with Crippen molar-refractivity contribution in [2.75, 3.05) is 19.7 Å². The minimum absolute atomic E-state index is 0.108. The Kier molecular flexibility index (Phi) is 5.94. The van der Waals surface area contributed by atoms with Crippen LogP contribution in [0.15, 0.2) is 78.9 Å². The fourth-order valence-corrected chi connectivity index (χ4v) is 3.16. The maximum atomic E-state index is 12.3. The van der Waals surface area contributed by atoms with Crippen LogP contribution in [-0.2, 0) is 4.79 Å². The molecule has 6 heteroatoms.